The van der Waals surface area contributed by atoms with Crippen LogP contribution in [-0.4, -0.2) is 81.7 Å². The molecule has 0 bridgehead atoms. The van der Waals surface area contributed by atoms with E-state index >= 15 is 0 Å². The summed E-state index contributed by atoms with van der Waals surface area (Å²) < 4.78 is 26.6. The van der Waals surface area contributed by atoms with E-state index in [4.69, 9.17) is 9.47 Å². The summed E-state index contributed by atoms with van der Waals surface area (Å²) in [6.07, 6.45) is 4.48. The van der Waals surface area contributed by atoms with Crippen LogP contribution in [0.4, 0.5) is 4.39 Å². The smallest absolute Gasteiger partial charge is 0.228 e. The Balaban J connectivity index is 1.50. The normalized spacial score (nSPS) is 34.0. The van der Waals surface area contributed by atoms with Gasteiger partial charge in [0.05, 0.1) is 26.0 Å². The summed E-state index contributed by atoms with van der Waals surface area (Å²) in [4.78, 5) is 29.9. The molecular weight excluding hydrogens is 367 g/mol. The van der Waals surface area contributed by atoms with Gasteiger partial charge in [0.25, 0.3) is 0 Å². The molecule has 10 heteroatoms. The molecule has 5 heterocycles. The van der Waals surface area contributed by atoms with Crippen LogP contribution in [0.2, 0.25) is 0 Å². The first kappa shape index (κ1) is 18.0. The summed E-state index contributed by atoms with van der Waals surface area (Å²) in [5.41, 5.74) is 1.27. The van der Waals surface area contributed by atoms with Crippen molar-refractivity contribution in [3.63, 3.8) is 0 Å². The van der Waals surface area contributed by atoms with Crippen molar-refractivity contribution in [1.82, 2.24) is 30.2 Å². The first-order valence-electron chi connectivity index (χ1n) is 9.64. The highest BCUT2D eigenvalue weighted by Gasteiger charge is 2.51. The van der Waals surface area contributed by atoms with Gasteiger partial charge in [0, 0.05) is 18.5 Å². The topological polar surface area (TPSA) is 105 Å². The quantitative estimate of drug-likeness (QED) is 0.767. The van der Waals surface area contributed by atoms with Crippen molar-refractivity contribution in [3.8, 4) is 0 Å². The van der Waals surface area contributed by atoms with Crippen molar-refractivity contribution in [3.05, 3.63) is 18.3 Å². The summed E-state index contributed by atoms with van der Waals surface area (Å²) >= 11 is 0. The molecule has 3 aliphatic rings. The molecule has 2 aromatic heterocycles. The van der Waals surface area contributed by atoms with Crippen LogP contribution in [0.25, 0.3) is 11.2 Å². The van der Waals surface area contributed by atoms with Gasteiger partial charge in [-0.3, -0.25) is 9.69 Å². The predicted molar refractivity (Wildman–Crippen MR) is 96.2 cm³/mol. The van der Waals surface area contributed by atoms with Crippen molar-refractivity contribution in [2.45, 2.75) is 36.8 Å². The number of ether oxygens (including phenoxy) is 2. The van der Waals surface area contributed by atoms with E-state index in [9.17, 15) is 9.18 Å². The lowest BCUT2D eigenvalue weighted by atomic mass is 9.94. The Hall–Kier alpha value is -2.01. The van der Waals surface area contributed by atoms with Crippen LogP contribution in [-0.2, 0) is 20.1 Å². The molecule has 3 aliphatic heterocycles. The Labute approximate surface area is 161 Å². The van der Waals surface area contributed by atoms with Crippen LogP contribution in [0, 0.1) is 0 Å². The minimum atomic E-state index is -1.28. The molecule has 150 valence electrons. The molecule has 0 saturated carbocycles. The number of rotatable bonds is 4. The van der Waals surface area contributed by atoms with Gasteiger partial charge in [0.1, 0.15) is 30.3 Å². The first-order chi connectivity index (χ1) is 13.6. The average molecular weight is 390 g/mol. The van der Waals surface area contributed by atoms with Gasteiger partial charge in [-0.1, -0.05) is 0 Å². The zero-order chi connectivity index (χ0) is 19.2. The summed E-state index contributed by atoms with van der Waals surface area (Å²) in [7, 11) is 0. The van der Waals surface area contributed by atoms with Gasteiger partial charge in [-0.05, 0) is 19.4 Å². The second kappa shape index (κ2) is 6.80. The monoisotopic (exact) mass is 390 g/mol. The van der Waals surface area contributed by atoms with Crippen LogP contribution < -0.4 is 5.32 Å². The molecule has 2 N–H and O–H groups in total. The number of imidazole rings is 1. The van der Waals surface area contributed by atoms with Gasteiger partial charge in [0.15, 0.2) is 11.4 Å². The summed E-state index contributed by atoms with van der Waals surface area (Å²) in [5.74, 6) is -1.34. The second-order valence-electron chi connectivity index (χ2n) is 7.87. The standard InChI is InChI=1S/C18H23FN6O3/c19-12-4-17(2-1-3-25(17)6-12)9-28-18(8-20-5-13(26)7-27-18)15-14-16(23-10-21-14)24-11-22-15/h10-12,20H,1-9H2,(H,21,22,23,24)/t12-,17+,18?/m1/s1. The van der Waals surface area contributed by atoms with Gasteiger partial charge in [0.2, 0.25) is 5.79 Å². The molecule has 1 unspecified atom stereocenters. The maximum absolute atomic E-state index is 14.1. The number of nitrogens with one attached hydrogen (secondary N) is 2. The lowest BCUT2D eigenvalue weighted by Gasteiger charge is -2.38. The maximum Gasteiger partial charge on any atom is 0.228 e. The van der Waals surface area contributed by atoms with E-state index in [0.29, 0.717) is 36.4 Å². The largest absolute Gasteiger partial charge is 0.342 e. The van der Waals surface area contributed by atoms with E-state index in [1.54, 1.807) is 0 Å². The van der Waals surface area contributed by atoms with E-state index in [-0.39, 0.29) is 31.0 Å². The second-order valence-corrected chi connectivity index (χ2v) is 7.87. The molecule has 0 amide bonds. The van der Waals surface area contributed by atoms with Gasteiger partial charge in [-0.15, -0.1) is 0 Å². The highest BCUT2D eigenvalue weighted by Crippen LogP contribution is 2.42. The summed E-state index contributed by atoms with van der Waals surface area (Å²) in [6, 6.07) is 0. The fourth-order valence-corrected chi connectivity index (χ4v) is 4.73. The Morgan fingerprint density at radius 2 is 2.32 bits per heavy atom. The fraction of sp³-hybridized carbons (Fsp3) is 0.667. The molecule has 2 aromatic rings. The Morgan fingerprint density at radius 1 is 1.39 bits per heavy atom. The molecule has 3 fully saturated rings. The number of halogens is 1. The number of Topliss-reactive ketones (excluding diaryl/α,β-unsaturated/α-hetero) is 1. The number of nitrogens with zero attached hydrogens (tertiary/aromatic N) is 4. The number of aromatic amines is 1. The highest BCUT2D eigenvalue weighted by molar-refractivity contribution is 5.82. The van der Waals surface area contributed by atoms with Gasteiger partial charge in [-0.25, -0.2) is 19.3 Å². The number of alkyl halides is 1. The van der Waals surface area contributed by atoms with E-state index in [2.05, 4.69) is 30.2 Å². The molecule has 9 nitrogen and oxygen atoms in total. The van der Waals surface area contributed by atoms with Crippen LogP contribution in [0.15, 0.2) is 12.7 Å². The molecule has 0 spiro atoms. The fourth-order valence-electron chi connectivity index (χ4n) is 4.73. The average Bonchev–Trinajstić information content (AvgIpc) is 3.33. The third kappa shape index (κ3) is 2.91. The molecule has 5 rings (SSSR count). The Morgan fingerprint density at radius 3 is 3.25 bits per heavy atom. The van der Waals surface area contributed by atoms with Crippen molar-refractivity contribution in [2.75, 3.05) is 39.4 Å². The van der Waals surface area contributed by atoms with E-state index in [0.717, 1.165) is 19.4 Å². The van der Waals surface area contributed by atoms with E-state index in [1.165, 1.54) is 12.7 Å². The summed E-state index contributed by atoms with van der Waals surface area (Å²) in [5, 5.41) is 3.10. The molecule has 0 aromatic carbocycles. The van der Waals surface area contributed by atoms with Crippen molar-refractivity contribution >= 4 is 16.9 Å². The number of hydrogen-bond donors (Lipinski definition) is 2. The number of ketones is 1. The minimum absolute atomic E-state index is 0.0641. The Kier molecular flexibility index (Phi) is 4.38. The molecule has 0 radical (unpaired) electrons. The van der Waals surface area contributed by atoms with Crippen LogP contribution in [0.1, 0.15) is 25.0 Å². The number of fused-ring (bicyclic) bond motifs is 2. The Bertz CT molecular complexity index is 893. The maximum atomic E-state index is 14.1. The summed E-state index contributed by atoms with van der Waals surface area (Å²) in [6.45, 7) is 2.00. The number of carbonyl (C=O) groups is 1. The zero-order valence-corrected chi connectivity index (χ0v) is 15.5. The van der Waals surface area contributed by atoms with Crippen LogP contribution in [0.5, 0.6) is 0 Å². The number of H-pyrrole nitrogens is 1. The predicted octanol–water partition coefficient (Wildman–Crippen LogP) is 0.288. The van der Waals surface area contributed by atoms with Crippen LogP contribution >= 0.6 is 0 Å². The zero-order valence-electron chi connectivity index (χ0n) is 15.5. The van der Waals surface area contributed by atoms with Crippen molar-refractivity contribution in [2.24, 2.45) is 0 Å². The van der Waals surface area contributed by atoms with Gasteiger partial charge < -0.3 is 19.8 Å². The number of hydrogen-bond acceptors (Lipinski definition) is 8. The minimum Gasteiger partial charge on any atom is -0.342 e. The third-order valence-electron chi connectivity index (χ3n) is 6.06. The third-order valence-corrected chi connectivity index (χ3v) is 6.06. The lowest BCUT2D eigenvalue weighted by Crippen LogP contribution is -2.49. The molecular formula is C18H23FN6O3. The van der Waals surface area contributed by atoms with Crippen molar-refractivity contribution < 1.29 is 18.7 Å². The van der Waals surface area contributed by atoms with Crippen molar-refractivity contribution in [1.29, 1.82) is 0 Å². The van der Waals surface area contributed by atoms with E-state index < -0.39 is 12.0 Å². The number of carbonyl (C=O) groups excluding carboxylic acids is 1. The highest BCUT2D eigenvalue weighted by atomic mass is 19.1. The molecule has 0 aliphatic carbocycles. The number of aromatic nitrogens is 4. The van der Waals surface area contributed by atoms with Gasteiger partial charge in [-0.2, -0.15) is 0 Å². The van der Waals surface area contributed by atoms with Crippen LogP contribution in [0.3, 0.4) is 0 Å². The molecule has 28 heavy (non-hydrogen) atoms. The molecule has 3 atom stereocenters. The van der Waals surface area contributed by atoms with E-state index in [1.807, 2.05) is 0 Å². The SMILES string of the molecule is O=C1CNCC(OC[C@@]23CCCN2C[C@H](F)C3)(c2ncnc3nc[nH]c23)OC1. The van der Waals surface area contributed by atoms with Gasteiger partial charge >= 0.3 is 0 Å². The lowest BCUT2D eigenvalue weighted by molar-refractivity contribution is -0.249. The molecule has 3 saturated heterocycles. The first-order valence-corrected chi connectivity index (χ1v) is 9.64.